The Balaban J connectivity index is 2.28. The van der Waals surface area contributed by atoms with Crippen LogP contribution in [-0.2, 0) is 16.6 Å². The summed E-state index contributed by atoms with van der Waals surface area (Å²) in [6.45, 7) is 5.01. The second-order valence-corrected chi connectivity index (χ2v) is 7.37. The zero-order chi connectivity index (χ0) is 14.8. The summed E-state index contributed by atoms with van der Waals surface area (Å²) in [6, 6.07) is 0.121. The predicted molar refractivity (Wildman–Crippen MR) is 79.5 cm³/mol. The molecule has 7 heteroatoms. The Labute approximate surface area is 126 Å². The van der Waals surface area contributed by atoms with Crippen molar-refractivity contribution in [3.05, 3.63) is 12.0 Å². The topological polar surface area (TPSA) is 55.2 Å². The van der Waals surface area contributed by atoms with E-state index in [9.17, 15) is 8.42 Å². The van der Waals surface area contributed by atoms with Crippen LogP contribution in [0.3, 0.4) is 0 Å². The first-order valence-corrected chi connectivity index (χ1v) is 9.09. The Morgan fingerprint density at radius 3 is 2.65 bits per heavy atom. The third-order valence-corrected chi connectivity index (χ3v) is 5.95. The number of aromatic nitrogens is 2. The van der Waals surface area contributed by atoms with Crippen LogP contribution >= 0.6 is 11.6 Å². The van der Waals surface area contributed by atoms with Crippen molar-refractivity contribution in [3.63, 3.8) is 0 Å². The third kappa shape index (κ3) is 3.02. The molecule has 5 nitrogen and oxygen atoms in total. The minimum atomic E-state index is -3.50. The van der Waals surface area contributed by atoms with Crippen molar-refractivity contribution in [3.8, 4) is 0 Å². The number of hydrogen-bond donors (Lipinski definition) is 0. The first kappa shape index (κ1) is 15.8. The van der Waals surface area contributed by atoms with Gasteiger partial charge in [0.1, 0.15) is 5.82 Å². The largest absolute Gasteiger partial charge is 0.334 e. The maximum atomic E-state index is 12.8. The molecule has 1 aliphatic rings. The standard InChI is InChI=1S/C13H22ClN3O2S/c1-3-16-10-13(15-11(16)2)20(18,19)17(9-5-8-14)12-6-4-7-12/h10,12H,3-9H2,1-2H3. The molecule has 1 heterocycles. The van der Waals surface area contributed by atoms with Gasteiger partial charge in [-0.2, -0.15) is 4.31 Å². The average Bonchev–Trinajstić information content (AvgIpc) is 2.73. The van der Waals surface area contributed by atoms with Gasteiger partial charge in [-0.3, -0.25) is 0 Å². The number of rotatable bonds is 7. The van der Waals surface area contributed by atoms with Crippen LogP contribution in [0.25, 0.3) is 0 Å². The molecule has 1 aromatic heterocycles. The molecule has 1 aromatic rings. The minimum Gasteiger partial charge on any atom is -0.334 e. The van der Waals surface area contributed by atoms with E-state index in [0.717, 1.165) is 31.6 Å². The zero-order valence-corrected chi connectivity index (χ0v) is 13.6. The number of nitrogens with zero attached hydrogens (tertiary/aromatic N) is 3. The molecule has 0 spiro atoms. The molecule has 1 fully saturated rings. The van der Waals surface area contributed by atoms with Crippen molar-refractivity contribution in [1.29, 1.82) is 0 Å². The molecule has 0 amide bonds. The lowest BCUT2D eigenvalue weighted by atomic mass is 9.93. The number of halogens is 1. The molecule has 1 saturated carbocycles. The van der Waals surface area contributed by atoms with E-state index < -0.39 is 10.0 Å². The number of sulfonamides is 1. The van der Waals surface area contributed by atoms with E-state index in [1.165, 1.54) is 0 Å². The quantitative estimate of drug-likeness (QED) is 0.725. The fourth-order valence-electron chi connectivity index (χ4n) is 2.43. The molecule has 20 heavy (non-hydrogen) atoms. The molecule has 0 aliphatic heterocycles. The summed E-state index contributed by atoms with van der Waals surface area (Å²) in [4.78, 5) is 4.22. The number of imidazole rings is 1. The van der Waals surface area contributed by atoms with E-state index >= 15 is 0 Å². The molecule has 0 unspecified atom stereocenters. The van der Waals surface area contributed by atoms with Gasteiger partial charge < -0.3 is 4.57 Å². The van der Waals surface area contributed by atoms with Gasteiger partial charge in [-0.25, -0.2) is 13.4 Å². The SMILES string of the molecule is CCn1cc(S(=O)(=O)N(CCCCl)C2CCC2)nc1C. The molecule has 0 radical (unpaired) electrons. The predicted octanol–water partition coefficient (Wildman–Crippen LogP) is 2.38. The first-order chi connectivity index (χ1) is 9.50. The van der Waals surface area contributed by atoms with Gasteiger partial charge in [-0.1, -0.05) is 6.42 Å². The van der Waals surface area contributed by atoms with Crippen LogP contribution in [-0.4, -0.2) is 40.7 Å². The van der Waals surface area contributed by atoms with Crippen molar-refractivity contribution in [2.75, 3.05) is 12.4 Å². The maximum absolute atomic E-state index is 12.8. The van der Waals surface area contributed by atoms with Crippen molar-refractivity contribution >= 4 is 21.6 Å². The van der Waals surface area contributed by atoms with Gasteiger partial charge in [0, 0.05) is 31.2 Å². The molecule has 0 bridgehead atoms. The van der Waals surface area contributed by atoms with E-state index in [0.29, 0.717) is 18.8 Å². The molecule has 1 aliphatic carbocycles. The summed E-state index contributed by atoms with van der Waals surface area (Å²) in [7, 11) is -3.50. The van der Waals surface area contributed by atoms with Gasteiger partial charge in [-0.15, -0.1) is 11.6 Å². The average molecular weight is 320 g/mol. The Hall–Kier alpha value is -0.590. The van der Waals surface area contributed by atoms with Gasteiger partial charge >= 0.3 is 0 Å². The van der Waals surface area contributed by atoms with Gasteiger partial charge in [0.05, 0.1) is 0 Å². The van der Waals surface area contributed by atoms with Crippen LogP contribution in [0.2, 0.25) is 0 Å². The Morgan fingerprint density at radius 2 is 2.20 bits per heavy atom. The highest BCUT2D eigenvalue weighted by Gasteiger charge is 2.35. The van der Waals surface area contributed by atoms with Crippen LogP contribution in [0.1, 0.15) is 38.4 Å². The summed E-state index contributed by atoms with van der Waals surface area (Å²) in [5.41, 5.74) is 0. The van der Waals surface area contributed by atoms with Gasteiger partial charge in [0.2, 0.25) is 0 Å². The summed E-state index contributed by atoms with van der Waals surface area (Å²) in [5.74, 6) is 1.21. The lowest BCUT2D eigenvalue weighted by Gasteiger charge is -2.35. The number of hydrogen-bond acceptors (Lipinski definition) is 3. The molecule has 0 N–H and O–H groups in total. The van der Waals surface area contributed by atoms with Gasteiger partial charge in [-0.05, 0) is 33.1 Å². The van der Waals surface area contributed by atoms with Crippen LogP contribution < -0.4 is 0 Å². The lowest BCUT2D eigenvalue weighted by molar-refractivity contribution is 0.219. The van der Waals surface area contributed by atoms with E-state index in [1.807, 2.05) is 18.4 Å². The molecule has 114 valence electrons. The van der Waals surface area contributed by atoms with E-state index in [4.69, 9.17) is 11.6 Å². The van der Waals surface area contributed by atoms with Crippen molar-refractivity contribution < 1.29 is 8.42 Å². The van der Waals surface area contributed by atoms with Crippen LogP contribution in [0.5, 0.6) is 0 Å². The summed E-state index contributed by atoms with van der Waals surface area (Å²) < 4.78 is 29.0. The van der Waals surface area contributed by atoms with E-state index in [2.05, 4.69) is 4.98 Å². The van der Waals surface area contributed by atoms with Crippen LogP contribution in [0, 0.1) is 6.92 Å². The summed E-state index contributed by atoms with van der Waals surface area (Å²) >= 11 is 5.72. The Bertz CT molecular complexity index is 552. The monoisotopic (exact) mass is 319 g/mol. The van der Waals surface area contributed by atoms with Gasteiger partial charge in [0.25, 0.3) is 10.0 Å². The molecular weight excluding hydrogens is 298 g/mol. The molecule has 2 rings (SSSR count). The molecule has 0 saturated heterocycles. The van der Waals surface area contributed by atoms with Crippen molar-refractivity contribution in [2.24, 2.45) is 0 Å². The minimum absolute atomic E-state index is 0.121. The molecule has 0 atom stereocenters. The smallest absolute Gasteiger partial charge is 0.262 e. The maximum Gasteiger partial charge on any atom is 0.262 e. The Morgan fingerprint density at radius 1 is 1.50 bits per heavy atom. The third-order valence-electron chi connectivity index (χ3n) is 3.86. The highest BCUT2D eigenvalue weighted by atomic mass is 35.5. The van der Waals surface area contributed by atoms with E-state index in [1.54, 1.807) is 10.5 Å². The second-order valence-electron chi connectivity index (χ2n) is 5.16. The highest BCUT2D eigenvalue weighted by molar-refractivity contribution is 7.89. The van der Waals surface area contributed by atoms with Crippen molar-refractivity contribution in [1.82, 2.24) is 13.9 Å². The van der Waals surface area contributed by atoms with Crippen LogP contribution in [0.4, 0.5) is 0 Å². The van der Waals surface area contributed by atoms with Crippen LogP contribution in [0.15, 0.2) is 11.2 Å². The summed E-state index contributed by atoms with van der Waals surface area (Å²) in [5, 5.41) is 0.165. The lowest BCUT2D eigenvalue weighted by Crippen LogP contribution is -2.44. The first-order valence-electron chi connectivity index (χ1n) is 7.12. The summed E-state index contributed by atoms with van der Waals surface area (Å²) in [6.07, 6.45) is 5.28. The number of aryl methyl sites for hydroxylation is 2. The molecular formula is C13H22ClN3O2S. The normalized spacial score (nSPS) is 16.6. The van der Waals surface area contributed by atoms with Gasteiger partial charge in [0.15, 0.2) is 5.03 Å². The van der Waals surface area contributed by atoms with Crippen molar-refractivity contribution in [2.45, 2.75) is 57.1 Å². The molecule has 0 aromatic carbocycles. The highest BCUT2D eigenvalue weighted by Crippen LogP contribution is 2.30. The van der Waals surface area contributed by atoms with E-state index in [-0.39, 0.29) is 11.1 Å². The second kappa shape index (κ2) is 6.45. The Kier molecular flexibility index (Phi) is 5.09. The zero-order valence-electron chi connectivity index (χ0n) is 12.0. The fraction of sp³-hybridized carbons (Fsp3) is 0.769. The fourth-order valence-corrected chi connectivity index (χ4v) is 4.27. The number of alkyl halides is 1.